The number of rotatable bonds is 9. The predicted octanol–water partition coefficient (Wildman–Crippen LogP) is 5.03. The third-order valence-electron chi connectivity index (χ3n) is 16.4. The number of aliphatic hydroxyl groups excluding tert-OH is 1. The summed E-state index contributed by atoms with van der Waals surface area (Å²) < 4.78 is 0. The van der Waals surface area contributed by atoms with Crippen molar-refractivity contribution in [3.63, 3.8) is 0 Å². The molecule has 10 rings (SSSR count). The van der Waals surface area contributed by atoms with E-state index >= 15 is 0 Å². The highest BCUT2D eigenvalue weighted by molar-refractivity contribution is 5.93. The number of fused-ring (bicyclic) bond motifs is 3. The molecule has 4 saturated heterocycles. The van der Waals surface area contributed by atoms with Gasteiger partial charge in [-0.1, -0.05) is 51.0 Å². The van der Waals surface area contributed by atoms with E-state index in [0.29, 0.717) is 42.5 Å². The van der Waals surface area contributed by atoms with Gasteiger partial charge in [-0.2, -0.15) is 0 Å². The Morgan fingerprint density at radius 1 is 0.926 bits per heavy atom. The standard InChI is InChI=1S/C53H68N10O5/c1-6-34-11-13-35(14-12-34)29-54-49(66)44-25-39(64)30-63(44)50(67)47(52(3,4)5)56-51(68)61-31-53(32-61)27-38(28-53)60-20-15-36(16-21-60)59-22-17-37(18-23-59)62-24-19-42-46(33(62)2)41-26-43(57-58-48(41)55-42)40-9-7-8-10-45(40)65/h1,7-14,26,33,36-39,44,47,64-65H,15-25,27-32H2,2-5H3,(H,54,66)(H,55,58)(H,56,68)/t33-,39+,44-,47+/m0/s1. The lowest BCUT2D eigenvalue weighted by Gasteiger charge is -2.61. The van der Waals surface area contributed by atoms with Crippen molar-refractivity contribution in [3.05, 3.63) is 77.0 Å². The number of β-amino-alcohol motifs (C(OH)–C–C–N with tert-alkyl or cyclic N) is 1. The first kappa shape index (κ1) is 46.2. The van der Waals surface area contributed by atoms with Gasteiger partial charge in [0.1, 0.15) is 17.8 Å². The van der Waals surface area contributed by atoms with Crippen LogP contribution in [0.4, 0.5) is 4.79 Å². The van der Waals surface area contributed by atoms with E-state index in [1.165, 1.54) is 41.8 Å². The highest BCUT2D eigenvalue weighted by Gasteiger charge is 2.56. The number of piperidine rings is 2. The van der Waals surface area contributed by atoms with Crippen LogP contribution in [-0.2, 0) is 22.6 Å². The van der Waals surface area contributed by atoms with Crippen LogP contribution in [0, 0.1) is 23.2 Å². The van der Waals surface area contributed by atoms with Crippen molar-refractivity contribution in [1.29, 1.82) is 0 Å². The van der Waals surface area contributed by atoms with Crippen LogP contribution in [0.25, 0.3) is 22.3 Å². The van der Waals surface area contributed by atoms with Crippen LogP contribution in [0.2, 0.25) is 0 Å². The monoisotopic (exact) mass is 925 g/mol. The molecule has 4 atom stereocenters. The van der Waals surface area contributed by atoms with E-state index in [0.717, 1.165) is 74.1 Å². The average Bonchev–Trinajstić information content (AvgIpc) is 3.90. The van der Waals surface area contributed by atoms with Crippen molar-refractivity contribution in [2.24, 2.45) is 10.8 Å². The lowest BCUT2D eigenvalue weighted by molar-refractivity contribution is -0.142. The molecule has 15 nitrogen and oxygen atoms in total. The van der Waals surface area contributed by atoms with Crippen LogP contribution in [0.3, 0.4) is 0 Å². The smallest absolute Gasteiger partial charge is 0.318 e. The molecule has 1 saturated carbocycles. The van der Waals surface area contributed by atoms with Crippen molar-refractivity contribution in [1.82, 2.24) is 50.3 Å². The van der Waals surface area contributed by atoms with Crippen LogP contribution >= 0.6 is 0 Å². The summed E-state index contributed by atoms with van der Waals surface area (Å²) in [5, 5.41) is 37.2. The van der Waals surface area contributed by atoms with Crippen molar-refractivity contribution >= 4 is 28.9 Å². The summed E-state index contributed by atoms with van der Waals surface area (Å²) >= 11 is 0. The molecule has 1 aliphatic carbocycles. The number of H-pyrrole nitrogens is 1. The Morgan fingerprint density at radius 2 is 1.60 bits per heavy atom. The first-order valence-electron chi connectivity index (χ1n) is 24.9. The van der Waals surface area contributed by atoms with Gasteiger partial charge in [-0.3, -0.25) is 14.5 Å². The van der Waals surface area contributed by atoms with Crippen molar-refractivity contribution in [3.8, 4) is 29.4 Å². The van der Waals surface area contributed by atoms with Gasteiger partial charge in [0.05, 0.1) is 11.8 Å². The number of aromatic hydroxyl groups is 1. The molecule has 5 fully saturated rings. The van der Waals surface area contributed by atoms with Gasteiger partial charge in [-0.15, -0.1) is 16.6 Å². The minimum absolute atomic E-state index is 0.0363. The van der Waals surface area contributed by atoms with Gasteiger partial charge in [-0.05, 0) is 119 Å². The molecule has 1 spiro atoms. The number of phenolic OH excluding ortho intramolecular Hbond substituents is 1. The molecule has 4 aromatic rings. The molecular formula is C53H68N10O5. The number of aliphatic hydroxyl groups is 1. The Labute approximate surface area is 400 Å². The zero-order valence-electron chi connectivity index (χ0n) is 40.1. The van der Waals surface area contributed by atoms with Crippen molar-refractivity contribution in [2.75, 3.05) is 52.4 Å². The maximum absolute atomic E-state index is 14.2. The fourth-order valence-electron chi connectivity index (χ4n) is 12.6. The molecule has 5 aliphatic heterocycles. The Kier molecular flexibility index (Phi) is 12.5. The molecule has 6 aliphatic rings. The lowest BCUT2D eigenvalue weighted by Crippen LogP contribution is -2.70. The maximum atomic E-state index is 14.2. The number of amides is 4. The lowest BCUT2D eigenvalue weighted by atomic mass is 9.60. The van der Waals surface area contributed by atoms with Crippen LogP contribution in [-0.4, -0.2) is 156 Å². The first-order chi connectivity index (χ1) is 32.7. The van der Waals surface area contributed by atoms with Gasteiger partial charge < -0.3 is 45.4 Å². The topological polar surface area (TPSA) is 173 Å². The second-order valence-corrected chi connectivity index (χ2v) is 21.8. The summed E-state index contributed by atoms with van der Waals surface area (Å²) in [5.41, 5.74) is 5.93. The molecule has 0 unspecified atom stereocenters. The zero-order valence-corrected chi connectivity index (χ0v) is 40.1. The molecule has 4 amide bonds. The highest BCUT2D eigenvalue weighted by Crippen LogP contribution is 2.51. The molecular weight excluding hydrogens is 857 g/mol. The van der Waals surface area contributed by atoms with E-state index in [9.17, 15) is 24.6 Å². The Hall–Kier alpha value is -5.53. The fourth-order valence-corrected chi connectivity index (χ4v) is 12.6. The minimum atomic E-state index is -0.867. The number of phenols is 1. The second kappa shape index (κ2) is 18.4. The SMILES string of the molecule is C#Cc1ccc(CNC(=O)[C@@H]2C[C@@H](O)CN2C(=O)[C@@H](NC(=O)N2CC3(CC(N4CCC(N5CCC(N6CCc7[nH]c8nnc(-c9ccccc9O)cc8c7[C@@H]6C)CC5)CC4)C3)C2)C(C)(C)C)cc1. The summed E-state index contributed by atoms with van der Waals surface area (Å²) in [6.45, 7) is 15.3. The van der Waals surface area contributed by atoms with Gasteiger partial charge in [0.25, 0.3) is 0 Å². The van der Waals surface area contributed by atoms with Gasteiger partial charge in [0.15, 0.2) is 5.65 Å². The van der Waals surface area contributed by atoms with Crippen LogP contribution in [0.1, 0.15) is 101 Å². The van der Waals surface area contributed by atoms with Crippen LogP contribution in [0.15, 0.2) is 54.6 Å². The molecule has 5 N–H and O–H groups in total. The average molecular weight is 925 g/mol. The number of hydrogen-bond acceptors (Lipinski definition) is 10. The number of terminal acetylenes is 1. The number of hydrogen-bond donors (Lipinski definition) is 5. The number of carbonyl (C=O) groups is 3. The molecule has 360 valence electrons. The normalized spacial score (nSPS) is 24.6. The summed E-state index contributed by atoms with van der Waals surface area (Å²) in [5.74, 6) is 2.11. The van der Waals surface area contributed by atoms with Crippen LogP contribution in [0.5, 0.6) is 5.75 Å². The number of carbonyl (C=O) groups excluding carboxylic acids is 3. The van der Waals surface area contributed by atoms with Gasteiger partial charge in [-0.25, -0.2) is 4.79 Å². The number of aromatic amines is 1. The molecule has 0 bridgehead atoms. The van der Waals surface area contributed by atoms with E-state index < -0.39 is 23.6 Å². The van der Waals surface area contributed by atoms with E-state index in [4.69, 9.17) is 6.42 Å². The number of urea groups is 1. The first-order valence-corrected chi connectivity index (χ1v) is 24.9. The van der Waals surface area contributed by atoms with E-state index in [1.807, 2.05) is 68.1 Å². The molecule has 2 aromatic carbocycles. The number of benzene rings is 2. The third kappa shape index (κ3) is 8.96. The second-order valence-electron chi connectivity index (χ2n) is 21.8. The molecule has 68 heavy (non-hydrogen) atoms. The van der Waals surface area contributed by atoms with Crippen molar-refractivity contribution < 1.29 is 24.6 Å². The molecule has 2 aromatic heterocycles. The van der Waals surface area contributed by atoms with Crippen molar-refractivity contribution in [2.45, 2.75) is 128 Å². The number of likely N-dealkylation sites (tertiary alicyclic amines) is 4. The Balaban J connectivity index is 0.667. The Bertz CT molecular complexity index is 2550. The third-order valence-corrected chi connectivity index (χ3v) is 16.4. The summed E-state index contributed by atoms with van der Waals surface area (Å²) in [6.07, 6.45) is 12.7. The fraction of sp³-hybridized carbons (Fsp3) is 0.566. The largest absolute Gasteiger partial charge is 0.507 e. The zero-order chi connectivity index (χ0) is 47.5. The van der Waals surface area contributed by atoms with Crippen LogP contribution < -0.4 is 10.6 Å². The van der Waals surface area contributed by atoms with E-state index in [-0.39, 0.29) is 54.6 Å². The summed E-state index contributed by atoms with van der Waals surface area (Å²) in [4.78, 5) is 56.3. The molecule has 15 heteroatoms. The summed E-state index contributed by atoms with van der Waals surface area (Å²) in [7, 11) is 0. The van der Waals surface area contributed by atoms with Gasteiger partial charge in [0, 0.05) is 97.4 Å². The quantitative estimate of drug-likeness (QED) is 0.144. The number of para-hydroxylation sites is 1. The van der Waals surface area contributed by atoms with E-state index in [2.05, 4.69) is 59.4 Å². The Morgan fingerprint density at radius 3 is 2.28 bits per heavy atom. The summed E-state index contributed by atoms with van der Waals surface area (Å²) in [6, 6.07) is 16.8. The molecule has 7 heterocycles. The highest BCUT2D eigenvalue weighted by atomic mass is 16.3. The van der Waals surface area contributed by atoms with E-state index in [1.54, 1.807) is 6.07 Å². The van der Waals surface area contributed by atoms with Gasteiger partial charge in [0.2, 0.25) is 11.8 Å². The number of nitrogens with zero attached hydrogens (tertiary/aromatic N) is 7. The minimum Gasteiger partial charge on any atom is -0.507 e. The maximum Gasteiger partial charge on any atom is 0.318 e. The van der Waals surface area contributed by atoms with Gasteiger partial charge >= 0.3 is 6.03 Å². The molecule has 0 radical (unpaired) electrons. The number of nitrogens with one attached hydrogen (secondary N) is 3. The number of aromatic nitrogens is 3. The predicted molar refractivity (Wildman–Crippen MR) is 260 cm³/mol.